The lowest BCUT2D eigenvalue weighted by Crippen LogP contribution is -2.33. The van der Waals surface area contributed by atoms with Crippen molar-refractivity contribution in [2.75, 3.05) is 0 Å². The first-order valence-electron chi connectivity index (χ1n) is 11.1. The minimum absolute atomic E-state index is 0.00295. The van der Waals surface area contributed by atoms with Gasteiger partial charge in [-0.25, -0.2) is 0 Å². The van der Waals surface area contributed by atoms with E-state index in [4.69, 9.17) is 4.74 Å². The summed E-state index contributed by atoms with van der Waals surface area (Å²) >= 11 is 0. The number of rotatable bonds is 9. The molecule has 0 spiro atoms. The fraction of sp³-hybridized carbons (Fsp3) is 0.321. The van der Waals surface area contributed by atoms with Crippen molar-refractivity contribution < 1.29 is 14.6 Å². The number of hydrogen-bond acceptors (Lipinski definition) is 3. The van der Waals surface area contributed by atoms with E-state index in [0.29, 0.717) is 6.54 Å². The molecular formula is C28H33NO3. The van der Waals surface area contributed by atoms with Crippen LogP contribution in [0, 0.1) is 0 Å². The molecule has 0 fully saturated rings. The highest BCUT2D eigenvalue weighted by Crippen LogP contribution is 2.36. The van der Waals surface area contributed by atoms with Crippen LogP contribution in [0.2, 0.25) is 0 Å². The van der Waals surface area contributed by atoms with E-state index in [-0.39, 0.29) is 24.1 Å². The zero-order chi connectivity index (χ0) is 23.1. The molecule has 3 aromatic rings. The van der Waals surface area contributed by atoms with Crippen molar-refractivity contribution in [3.8, 4) is 5.75 Å². The smallest absolute Gasteiger partial charge is 0.305 e. The number of hydrogen-bond donors (Lipinski definition) is 1. The topological polar surface area (TPSA) is 49.8 Å². The molecule has 168 valence electrons. The summed E-state index contributed by atoms with van der Waals surface area (Å²) < 4.78 is 6.07. The molecule has 0 aliphatic carbocycles. The monoisotopic (exact) mass is 431 g/mol. The van der Waals surface area contributed by atoms with Gasteiger partial charge in [-0.05, 0) is 56.5 Å². The number of aliphatic carboxylic acids is 1. The Labute approximate surface area is 191 Å². The second-order valence-electron chi connectivity index (χ2n) is 9.15. The Kier molecular flexibility index (Phi) is 7.70. The lowest BCUT2D eigenvalue weighted by Gasteiger charge is -2.37. The first-order chi connectivity index (χ1) is 15.2. The molecule has 2 atom stereocenters. The Morgan fingerprint density at radius 3 is 2.09 bits per heavy atom. The normalized spacial score (nSPS) is 13.5. The van der Waals surface area contributed by atoms with Crippen LogP contribution in [0.4, 0.5) is 0 Å². The zero-order valence-corrected chi connectivity index (χ0v) is 19.4. The van der Waals surface area contributed by atoms with E-state index < -0.39 is 5.97 Å². The molecule has 4 nitrogen and oxygen atoms in total. The van der Waals surface area contributed by atoms with Crippen LogP contribution in [0.15, 0.2) is 84.9 Å². The van der Waals surface area contributed by atoms with Gasteiger partial charge in [0.15, 0.2) is 0 Å². The molecular weight excluding hydrogens is 398 g/mol. The van der Waals surface area contributed by atoms with Crippen LogP contribution in [0.25, 0.3) is 0 Å². The quantitative estimate of drug-likeness (QED) is 0.412. The predicted molar refractivity (Wildman–Crippen MR) is 129 cm³/mol. The molecule has 0 aliphatic rings. The summed E-state index contributed by atoms with van der Waals surface area (Å²) in [6.45, 7) is 8.80. The summed E-state index contributed by atoms with van der Waals surface area (Å²) in [5.41, 5.74) is 2.91. The number of carboxylic acids is 1. The summed E-state index contributed by atoms with van der Waals surface area (Å²) in [5.74, 6) is -0.0760. The maximum atomic E-state index is 12.0. The van der Waals surface area contributed by atoms with Crippen molar-refractivity contribution in [2.45, 2.75) is 58.3 Å². The fourth-order valence-electron chi connectivity index (χ4n) is 3.97. The van der Waals surface area contributed by atoms with Gasteiger partial charge in [-0.1, -0.05) is 72.8 Å². The number of benzene rings is 3. The summed E-state index contributed by atoms with van der Waals surface area (Å²) in [7, 11) is 0. The summed E-state index contributed by atoms with van der Waals surface area (Å²) in [5, 5.41) is 9.81. The molecule has 0 heterocycles. The molecule has 1 unspecified atom stereocenters. The zero-order valence-electron chi connectivity index (χ0n) is 19.4. The molecule has 0 saturated heterocycles. The van der Waals surface area contributed by atoms with Crippen molar-refractivity contribution in [1.29, 1.82) is 0 Å². The molecule has 3 rings (SSSR count). The average Bonchev–Trinajstić information content (AvgIpc) is 2.76. The molecule has 0 saturated carbocycles. The van der Waals surface area contributed by atoms with Gasteiger partial charge in [0.1, 0.15) is 11.4 Å². The first kappa shape index (κ1) is 23.6. The maximum absolute atomic E-state index is 12.0. The lowest BCUT2D eigenvalue weighted by atomic mass is 9.96. The number of ether oxygens (including phenoxy) is 1. The molecule has 0 aliphatic heterocycles. The van der Waals surface area contributed by atoms with Gasteiger partial charge in [0.25, 0.3) is 0 Å². The van der Waals surface area contributed by atoms with E-state index in [2.05, 4.69) is 36.1 Å². The van der Waals surface area contributed by atoms with Gasteiger partial charge in [0.2, 0.25) is 0 Å². The second-order valence-corrected chi connectivity index (χ2v) is 9.15. The van der Waals surface area contributed by atoms with E-state index in [1.54, 1.807) is 0 Å². The summed E-state index contributed by atoms with van der Waals surface area (Å²) in [6, 6.07) is 28.0. The van der Waals surface area contributed by atoms with Gasteiger partial charge in [0.05, 0.1) is 6.42 Å². The molecule has 4 heteroatoms. The third kappa shape index (κ3) is 6.69. The standard InChI is InChI=1S/C28H33NO3/c1-21(23-14-9-6-10-15-23)29(20-22-12-7-5-8-13-22)26(19-27(30)31)24-16-11-17-25(18-24)32-28(2,3)4/h5-18,21,26H,19-20H2,1-4H3,(H,30,31)/t21-,26?/m1/s1. The Hall–Kier alpha value is -3.11. The van der Waals surface area contributed by atoms with Crippen molar-refractivity contribution in [3.63, 3.8) is 0 Å². The van der Waals surface area contributed by atoms with Gasteiger partial charge < -0.3 is 9.84 Å². The van der Waals surface area contributed by atoms with E-state index in [9.17, 15) is 9.90 Å². The number of carboxylic acid groups (broad SMARTS) is 1. The van der Waals surface area contributed by atoms with E-state index in [1.807, 2.05) is 81.4 Å². The van der Waals surface area contributed by atoms with Gasteiger partial charge >= 0.3 is 5.97 Å². The van der Waals surface area contributed by atoms with E-state index in [0.717, 1.165) is 22.4 Å². The van der Waals surface area contributed by atoms with Gasteiger partial charge in [0, 0.05) is 18.6 Å². The van der Waals surface area contributed by atoms with Crippen molar-refractivity contribution in [1.82, 2.24) is 4.90 Å². The van der Waals surface area contributed by atoms with E-state index in [1.165, 1.54) is 0 Å². The van der Waals surface area contributed by atoms with Crippen LogP contribution >= 0.6 is 0 Å². The highest BCUT2D eigenvalue weighted by molar-refractivity contribution is 5.68. The Morgan fingerprint density at radius 1 is 0.906 bits per heavy atom. The van der Waals surface area contributed by atoms with Crippen LogP contribution in [-0.2, 0) is 11.3 Å². The molecule has 0 aromatic heterocycles. The molecule has 1 N–H and O–H groups in total. The largest absolute Gasteiger partial charge is 0.488 e. The van der Waals surface area contributed by atoms with Gasteiger partial charge in [-0.2, -0.15) is 0 Å². The SMILES string of the molecule is C[C@H](c1ccccc1)N(Cc1ccccc1)C(CC(=O)O)c1cccc(OC(C)(C)C)c1. The van der Waals surface area contributed by atoms with Crippen molar-refractivity contribution in [3.05, 3.63) is 102 Å². The second kappa shape index (κ2) is 10.5. The highest BCUT2D eigenvalue weighted by atomic mass is 16.5. The highest BCUT2D eigenvalue weighted by Gasteiger charge is 2.29. The molecule has 0 radical (unpaired) electrons. The Balaban J connectivity index is 2.04. The van der Waals surface area contributed by atoms with Crippen LogP contribution in [0.3, 0.4) is 0 Å². The third-order valence-corrected chi connectivity index (χ3v) is 5.42. The predicted octanol–water partition coefficient (Wildman–Crippen LogP) is 6.64. The summed E-state index contributed by atoms with van der Waals surface area (Å²) in [4.78, 5) is 14.2. The van der Waals surface area contributed by atoms with Crippen LogP contribution in [-0.4, -0.2) is 21.6 Å². The Bertz CT molecular complexity index is 996. The van der Waals surface area contributed by atoms with Crippen LogP contribution < -0.4 is 4.74 Å². The van der Waals surface area contributed by atoms with Crippen molar-refractivity contribution >= 4 is 5.97 Å². The maximum Gasteiger partial charge on any atom is 0.305 e. The first-order valence-corrected chi connectivity index (χ1v) is 11.1. The van der Waals surface area contributed by atoms with E-state index >= 15 is 0 Å². The number of nitrogens with zero attached hydrogens (tertiary/aromatic N) is 1. The minimum Gasteiger partial charge on any atom is -0.488 e. The molecule has 0 bridgehead atoms. The van der Waals surface area contributed by atoms with Crippen LogP contribution in [0.1, 0.15) is 62.9 Å². The summed E-state index contributed by atoms with van der Waals surface area (Å²) in [6.07, 6.45) is 0.00295. The Morgan fingerprint density at radius 2 is 1.50 bits per heavy atom. The lowest BCUT2D eigenvalue weighted by molar-refractivity contribution is -0.138. The third-order valence-electron chi connectivity index (χ3n) is 5.42. The molecule has 32 heavy (non-hydrogen) atoms. The minimum atomic E-state index is -0.824. The fourth-order valence-corrected chi connectivity index (χ4v) is 3.97. The molecule has 0 amide bonds. The van der Waals surface area contributed by atoms with Crippen molar-refractivity contribution in [2.24, 2.45) is 0 Å². The van der Waals surface area contributed by atoms with Gasteiger partial charge in [-0.15, -0.1) is 0 Å². The number of carbonyl (C=O) groups is 1. The molecule has 3 aromatic carbocycles. The average molecular weight is 432 g/mol. The van der Waals surface area contributed by atoms with Gasteiger partial charge in [-0.3, -0.25) is 9.69 Å². The van der Waals surface area contributed by atoms with Crippen LogP contribution in [0.5, 0.6) is 5.75 Å².